The molecule has 1 aliphatic carbocycles. The number of halogens is 1. The summed E-state index contributed by atoms with van der Waals surface area (Å²) in [5.41, 5.74) is 0.881. The van der Waals surface area contributed by atoms with E-state index in [1.165, 1.54) is 19.2 Å². The van der Waals surface area contributed by atoms with Crippen molar-refractivity contribution in [2.45, 2.75) is 38.3 Å². The molecule has 0 heterocycles. The molecule has 0 amide bonds. The highest BCUT2D eigenvalue weighted by Gasteiger charge is 2.24. The van der Waals surface area contributed by atoms with Crippen LogP contribution in [-0.4, -0.2) is 42.8 Å². The fourth-order valence-electron chi connectivity index (χ4n) is 3.11. The Morgan fingerprint density at radius 3 is 2.64 bits per heavy atom. The van der Waals surface area contributed by atoms with Gasteiger partial charge in [0.1, 0.15) is 5.82 Å². The van der Waals surface area contributed by atoms with Gasteiger partial charge in [0.15, 0.2) is 0 Å². The molecule has 1 aromatic carbocycles. The van der Waals surface area contributed by atoms with Gasteiger partial charge in [-0.15, -0.1) is 0 Å². The minimum atomic E-state index is -0.452. The predicted molar refractivity (Wildman–Crippen MR) is 82.0 cm³/mol. The summed E-state index contributed by atoms with van der Waals surface area (Å²) in [6.07, 6.45) is 4.05. The fourth-order valence-corrected chi connectivity index (χ4v) is 3.11. The van der Waals surface area contributed by atoms with Gasteiger partial charge in [-0.2, -0.15) is 0 Å². The van der Waals surface area contributed by atoms with Gasteiger partial charge < -0.3 is 9.84 Å². The van der Waals surface area contributed by atoms with Crippen molar-refractivity contribution in [3.63, 3.8) is 0 Å². The number of nitrogens with zero attached hydrogens (tertiary/aromatic N) is 1. The SMILES string of the molecule is COC(=O)c1ccc(F)c(CN(C)C2CCC(CO)CC2)c1. The van der Waals surface area contributed by atoms with Gasteiger partial charge in [-0.05, 0) is 56.8 Å². The molecule has 0 atom stereocenters. The molecule has 1 aromatic rings. The first-order valence-electron chi connectivity index (χ1n) is 7.73. The fraction of sp³-hybridized carbons (Fsp3) is 0.588. The first-order valence-corrected chi connectivity index (χ1v) is 7.73. The lowest BCUT2D eigenvalue weighted by Crippen LogP contribution is -2.35. The Labute approximate surface area is 130 Å². The number of aliphatic hydroxyl groups excluding tert-OH is 1. The third-order valence-corrected chi connectivity index (χ3v) is 4.58. The molecule has 1 fully saturated rings. The lowest BCUT2D eigenvalue weighted by Gasteiger charge is -2.34. The predicted octanol–water partition coefficient (Wildman–Crippen LogP) is 2.60. The monoisotopic (exact) mass is 309 g/mol. The second kappa shape index (κ2) is 7.70. The van der Waals surface area contributed by atoms with Gasteiger partial charge in [0, 0.05) is 24.8 Å². The maximum absolute atomic E-state index is 14.0. The van der Waals surface area contributed by atoms with Gasteiger partial charge in [-0.25, -0.2) is 9.18 Å². The van der Waals surface area contributed by atoms with Crippen LogP contribution in [0.4, 0.5) is 4.39 Å². The molecule has 22 heavy (non-hydrogen) atoms. The van der Waals surface area contributed by atoms with Crippen LogP contribution in [-0.2, 0) is 11.3 Å². The van der Waals surface area contributed by atoms with Crippen molar-refractivity contribution in [3.05, 3.63) is 35.1 Å². The minimum absolute atomic E-state index is 0.256. The van der Waals surface area contributed by atoms with E-state index >= 15 is 0 Å². The van der Waals surface area contributed by atoms with Crippen molar-refractivity contribution < 1.29 is 19.0 Å². The van der Waals surface area contributed by atoms with Crippen molar-refractivity contribution in [2.24, 2.45) is 5.92 Å². The molecule has 0 aliphatic heterocycles. The Morgan fingerprint density at radius 1 is 1.36 bits per heavy atom. The zero-order valence-corrected chi connectivity index (χ0v) is 13.2. The quantitative estimate of drug-likeness (QED) is 0.850. The van der Waals surface area contributed by atoms with Crippen molar-refractivity contribution in [1.82, 2.24) is 4.90 Å². The molecule has 0 spiro atoms. The van der Waals surface area contributed by atoms with Crippen molar-refractivity contribution in [1.29, 1.82) is 0 Å². The average molecular weight is 309 g/mol. The summed E-state index contributed by atoms with van der Waals surface area (Å²) in [6, 6.07) is 4.72. The standard InChI is InChI=1S/C17H24FNO3/c1-19(15-6-3-12(11-20)4-7-15)10-14-9-13(17(21)22-2)5-8-16(14)18/h5,8-9,12,15,20H,3-4,6-7,10-11H2,1-2H3. The molecule has 0 aromatic heterocycles. The number of esters is 1. The van der Waals surface area contributed by atoms with E-state index in [1.54, 1.807) is 6.07 Å². The molecular weight excluding hydrogens is 285 g/mol. The highest BCUT2D eigenvalue weighted by Crippen LogP contribution is 2.27. The Kier molecular flexibility index (Phi) is 5.91. The lowest BCUT2D eigenvalue weighted by atomic mass is 9.86. The Bertz CT molecular complexity index is 513. The van der Waals surface area contributed by atoms with Crippen LogP contribution in [0.25, 0.3) is 0 Å². The highest BCUT2D eigenvalue weighted by molar-refractivity contribution is 5.89. The van der Waals surface area contributed by atoms with E-state index in [1.807, 2.05) is 7.05 Å². The van der Waals surface area contributed by atoms with Gasteiger partial charge in [0.05, 0.1) is 12.7 Å². The number of carbonyl (C=O) groups is 1. The molecule has 2 rings (SSSR count). The molecule has 5 heteroatoms. The van der Waals surface area contributed by atoms with E-state index in [2.05, 4.69) is 9.64 Å². The zero-order chi connectivity index (χ0) is 16.1. The van der Waals surface area contributed by atoms with E-state index in [0.717, 1.165) is 25.7 Å². The molecule has 0 unspecified atom stereocenters. The number of rotatable bonds is 5. The number of benzene rings is 1. The highest BCUT2D eigenvalue weighted by atomic mass is 19.1. The molecule has 0 radical (unpaired) electrons. The molecular formula is C17H24FNO3. The van der Waals surface area contributed by atoms with Gasteiger partial charge in [-0.3, -0.25) is 4.90 Å². The molecule has 4 nitrogen and oxygen atoms in total. The summed E-state index contributed by atoms with van der Waals surface area (Å²) in [7, 11) is 3.30. The summed E-state index contributed by atoms with van der Waals surface area (Å²) in [5, 5.41) is 9.19. The Balaban J connectivity index is 2.02. The number of ether oxygens (including phenoxy) is 1. The summed E-state index contributed by atoms with van der Waals surface area (Å²) < 4.78 is 18.6. The van der Waals surface area contributed by atoms with Crippen LogP contribution in [0.3, 0.4) is 0 Å². The van der Waals surface area contributed by atoms with Crippen LogP contribution >= 0.6 is 0 Å². The van der Waals surface area contributed by atoms with Crippen LogP contribution in [0.1, 0.15) is 41.6 Å². The molecule has 0 bridgehead atoms. The Hall–Kier alpha value is -1.46. The van der Waals surface area contributed by atoms with Crippen molar-refractivity contribution in [2.75, 3.05) is 20.8 Å². The summed E-state index contributed by atoms with van der Waals surface area (Å²) in [5.74, 6) is -0.347. The van der Waals surface area contributed by atoms with Crippen LogP contribution < -0.4 is 0 Å². The number of hydrogen-bond acceptors (Lipinski definition) is 4. The summed E-state index contributed by atoms with van der Waals surface area (Å²) in [6.45, 7) is 0.720. The van der Waals surface area contributed by atoms with E-state index in [9.17, 15) is 14.3 Å². The molecule has 1 N–H and O–H groups in total. The summed E-state index contributed by atoms with van der Waals surface area (Å²) >= 11 is 0. The third-order valence-electron chi connectivity index (χ3n) is 4.58. The molecule has 1 saturated carbocycles. The van der Waals surface area contributed by atoms with Crippen molar-refractivity contribution in [3.8, 4) is 0 Å². The van der Waals surface area contributed by atoms with E-state index in [-0.39, 0.29) is 12.4 Å². The van der Waals surface area contributed by atoms with Crippen molar-refractivity contribution >= 4 is 5.97 Å². The minimum Gasteiger partial charge on any atom is -0.465 e. The topological polar surface area (TPSA) is 49.8 Å². The maximum Gasteiger partial charge on any atom is 0.337 e. The summed E-state index contributed by atoms with van der Waals surface area (Å²) in [4.78, 5) is 13.7. The average Bonchev–Trinajstić information content (AvgIpc) is 2.56. The third kappa shape index (κ3) is 4.05. The first-order chi connectivity index (χ1) is 10.5. The maximum atomic E-state index is 14.0. The molecule has 0 saturated heterocycles. The second-order valence-electron chi connectivity index (χ2n) is 6.07. The van der Waals surface area contributed by atoms with Crippen LogP contribution in [0, 0.1) is 11.7 Å². The largest absolute Gasteiger partial charge is 0.465 e. The van der Waals surface area contributed by atoms with Gasteiger partial charge >= 0.3 is 5.97 Å². The normalized spacial score (nSPS) is 21.9. The smallest absolute Gasteiger partial charge is 0.337 e. The first kappa shape index (κ1) is 16.9. The number of carbonyl (C=O) groups excluding carboxylic acids is 1. The molecule has 1 aliphatic rings. The second-order valence-corrected chi connectivity index (χ2v) is 6.07. The number of aliphatic hydroxyl groups is 1. The van der Waals surface area contributed by atoms with E-state index in [4.69, 9.17) is 0 Å². The zero-order valence-electron chi connectivity index (χ0n) is 13.2. The Morgan fingerprint density at radius 2 is 2.05 bits per heavy atom. The number of methoxy groups -OCH3 is 1. The van der Waals surface area contributed by atoms with E-state index in [0.29, 0.717) is 29.6 Å². The van der Waals surface area contributed by atoms with Crippen LogP contribution in [0.5, 0.6) is 0 Å². The van der Waals surface area contributed by atoms with Gasteiger partial charge in [0.25, 0.3) is 0 Å². The van der Waals surface area contributed by atoms with Crippen LogP contribution in [0.15, 0.2) is 18.2 Å². The number of hydrogen-bond donors (Lipinski definition) is 1. The van der Waals surface area contributed by atoms with Crippen LogP contribution in [0.2, 0.25) is 0 Å². The lowest BCUT2D eigenvalue weighted by molar-refractivity contribution is 0.0600. The van der Waals surface area contributed by atoms with Gasteiger partial charge in [0.2, 0.25) is 0 Å². The van der Waals surface area contributed by atoms with Gasteiger partial charge in [-0.1, -0.05) is 0 Å². The molecule has 122 valence electrons. The van der Waals surface area contributed by atoms with E-state index < -0.39 is 5.97 Å².